The molecule has 31 heavy (non-hydrogen) atoms. The predicted molar refractivity (Wildman–Crippen MR) is 116 cm³/mol. The number of aromatic amines is 1. The standard InChI is InChI=1S/C22H20N4O4S/c1-3-20-24-22(26-25-20)31-19(21(27)28)11-14-8-9-17(18(10-14)29-2)30-13-16-7-5-4-6-15(16)12-23/h4-11H,3,13H2,1-2H3,(H,27,28)(H,24,25,26)/b19-11-. The lowest BCUT2D eigenvalue weighted by Gasteiger charge is -2.12. The first-order valence-corrected chi connectivity index (χ1v) is 10.2. The Kier molecular flexibility index (Phi) is 7.30. The number of nitrogens with one attached hydrogen (secondary N) is 1. The van der Waals surface area contributed by atoms with E-state index in [-0.39, 0.29) is 11.5 Å². The molecule has 3 rings (SSSR count). The van der Waals surface area contributed by atoms with Crippen LogP contribution in [-0.4, -0.2) is 33.4 Å². The number of thioether (sulfide) groups is 1. The molecule has 1 heterocycles. The maximum absolute atomic E-state index is 11.7. The van der Waals surface area contributed by atoms with E-state index in [0.29, 0.717) is 40.0 Å². The zero-order chi connectivity index (χ0) is 22.2. The van der Waals surface area contributed by atoms with Gasteiger partial charge in [0.05, 0.1) is 18.7 Å². The highest BCUT2D eigenvalue weighted by Gasteiger charge is 2.14. The molecule has 0 saturated heterocycles. The second kappa shape index (κ2) is 10.3. The molecule has 2 aromatic carbocycles. The van der Waals surface area contributed by atoms with Crippen molar-refractivity contribution < 1.29 is 19.4 Å². The van der Waals surface area contributed by atoms with Crippen molar-refractivity contribution in [3.05, 3.63) is 69.9 Å². The second-order valence-corrected chi connectivity index (χ2v) is 7.31. The van der Waals surface area contributed by atoms with Crippen molar-refractivity contribution in [2.24, 2.45) is 0 Å². The van der Waals surface area contributed by atoms with Gasteiger partial charge in [-0.2, -0.15) is 5.26 Å². The number of carboxylic acids is 1. The third kappa shape index (κ3) is 5.65. The van der Waals surface area contributed by atoms with Gasteiger partial charge in [0.1, 0.15) is 17.3 Å². The summed E-state index contributed by atoms with van der Waals surface area (Å²) >= 11 is 0.963. The molecule has 1 aromatic heterocycles. The number of carboxylic acid groups (broad SMARTS) is 1. The lowest BCUT2D eigenvalue weighted by Crippen LogP contribution is -2.00. The number of hydrogen-bond donors (Lipinski definition) is 2. The van der Waals surface area contributed by atoms with E-state index in [0.717, 1.165) is 17.3 Å². The average Bonchev–Trinajstić information content (AvgIpc) is 3.25. The summed E-state index contributed by atoms with van der Waals surface area (Å²) in [5.74, 6) is 0.538. The van der Waals surface area contributed by atoms with Gasteiger partial charge in [-0.1, -0.05) is 31.2 Å². The minimum absolute atomic E-state index is 0.0697. The van der Waals surface area contributed by atoms with Crippen molar-refractivity contribution in [1.82, 2.24) is 15.2 Å². The third-order valence-corrected chi connectivity index (χ3v) is 5.14. The number of H-pyrrole nitrogens is 1. The first-order valence-electron chi connectivity index (χ1n) is 9.37. The van der Waals surface area contributed by atoms with E-state index >= 15 is 0 Å². The normalized spacial score (nSPS) is 11.1. The number of carbonyl (C=O) groups is 1. The molecule has 9 heteroatoms. The molecule has 0 aliphatic heterocycles. The summed E-state index contributed by atoms with van der Waals surface area (Å²) < 4.78 is 11.2. The molecule has 0 aliphatic carbocycles. The van der Waals surface area contributed by atoms with Gasteiger partial charge in [-0.05, 0) is 41.6 Å². The number of ether oxygens (including phenoxy) is 2. The molecular weight excluding hydrogens is 416 g/mol. The van der Waals surface area contributed by atoms with Crippen LogP contribution < -0.4 is 9.47 Å². The van der Waals surface area contributed by atoms with Crippen LogP contribution in [0.4, 0.5) is 0 Å². The van der Waals surface area contributed by atoms with Crippen molar-refractivity contribution in [3.63, 3.8) is 0 Å². The van der Waals surface area contributed by atoms with E-state index in [1.807, 2.05) is 19.1 Å². The number of aryl methyl sites for hydroxylation is 1. The van der Waals surface area contributed by atoms with Crippen LogP contribution in [0.3, 0.4) is 0 Å². The van der Waals surface area contributed by atoms with E-state index in [2.05, 4.69) is 21.3 Å². The SMILES string of the molecule is CCc1nc(S/C(=C\c2ccc(OCc3ccccc3C#N)c(OC)c2)C(=O)O)n[nH]1. The Morgan fingerprint density at radius 3 is 2.77 bits per heavy atom. The maximum atomic E-state index is 11.7. The molecule has 0 spiro atoms. The van der Waals surface area contributed by atoms with Crippen LogP contribution in [0.2, 0.25) is 0 Å². The van der Waals surface area contributed by atoms with Crippen LogP contribution in [0.25, 0.3) is 6.08 Å². The topological polar surface area (TPSA) is 121 Å². The van der Waals surface area contributed by atoms with Crippen LogP contribution in [-0.2, 0) is 17.8 Å². The number of nitriles is 1. The number of aromatic nitrogens is 3. The van der Waals surface area contributed by atoms with Gasteiger partial charge >= 0.3 is 5.97 Å². The summed E-state index contributed by atoms with van der Waals surface area (Å²) in [5.41, 5.74) is 1.93. The van der Waals surface area contributed by atoms with Gasteiger partial charge in [0.2, 0.25) is 5.16 Å². The zero-order valence-electron chi connectivity index (χ0n) is 17.0. The van der Waals surface area contributed by atoms with Crippen molar-refractivity contribution in [1.29, 1.82) is 5.26 Å². The van der Waals surface area contributed by atoms with Gasteiger partial charge in [0, 0.05) is 12.0 Å². The molecule has 0 saturated carbocycles. The molecule has 3 aromatic rings. The lowest BCUT2D eigenvalue weighted by molar-refractivity contribution is -0.131. The highest BCUT2D eigenvalue weighted by molar-refractivity contribution is 8.04. The van der Waals surface area contributed by atoms with Gasteiger partial charge in [-0.25, -0.2) is 9.78 Å². The molecule has 158 valence electrons. The summed E-state index contributed by atoms with van der Waals surface area (Å²) in [5, 5.41) is 25.9. The zero-order valence-corrected chi connectivity index (χ0v) is 17.8. The molecule has 0 atom stereocenters. The van der Waals surface area contributed by atoms with Crippen LogP contribution in [0, 0.1) is 11.3 Å². The van der Waals surface area contributed by atoms with Gasteiger partial charge < -0.3 is 14.6 Å². The Morgan fingerprint density at radius 1 is 1.29 bits per heavy atom. The van der Waals surface area contributed by atoms with E-state index in [4.69, 9.17) is 9.47 Å². The second-order valence-electron chi connectivity index (χ2n) is 6.30. The molecular formula is C22H20N4O4S. The van der Waals surface area contributed by atoms with Crippen LogP contribution >= 0.6 is 11.8 Å². The quantitative estimate of drug-likeness (QED) is 0.381. The van der Waals surface area contributed by atoms with E-state index in [1.165, 1.54) is 13.2 Å². The fourth-order valence-corrected chi connectivity index (χ4v) is 3.40. The summed E-state index contributed by atoms with van der Waals surface area (Å²) in [6, 6.07) is 14.4. The summed E-state index contributed by atoms with van der Waals surface area (Å²) in [7, 11) is 1.51. The van der Waals surface area contributed by atoms with Crippen molar-refractivity contribution in [2.75, 3.05) is 7.11 Å². The third-order valence-electron chi connectivity index (χ3n) is 4.26. The van der Waals surface area contributed by atoms with Crippen LogP contribution in [0.1, 0.15) is 29.4 Å². The Balaban J connectivity index is 1.80. The first kappa shape index (κ1) is 21.9. The first-order chi connectivity index (χ1) is 15.0. The lowest BCUT2D eigenvalue weighted by atomic mass is 10.1. The minimum atomic E-state index is -1.08. The number of nitrogens with zero attached hydrogens (tertiary/aromatic N) is 3. The fourth-order valence-electron chi connectivity index (χ4n) is 2.67. The Bertz CT molecular complexity index is 1150. The molecule has 8 nitrogen and oxygen atoms in total. The summed E-state index contributed by atoms with van der Waals surface area (Å²) in [6.45, 7) is 2.13. The minimum Gasteiger partial charge on any atom is -0.493 e. The molecule has 0 fully saturated rings. The van der Waals surface area contributed by atoms with Crippen molar-refractivity contribution in [3.8, 4) is 17.6 Å². The van der Waals surface area contributed by atoms with E-state index < -0.39 is 5.97 Å². The van der Waals surface area contributed by atoms with E-state index in [1.54, 1.807) is 30.3 Å². The number of benzene rings is 2. The number of aliphatic carboxylic acids is 1. The molecule has 0 aliphatic rings. The highest BCUT2D eigenvalue weighted by atomic mass is 32.2. The van der Waals surface area contributed by atoms with Gasteiger partial charge in [-0.3, -0.25) is 5.10 Å². The number of hydrogen-bond acceptors (Lipinski definition) is 7. The summed E-state index contributed by atoms with van der Waals surface area (Å²) in [4.78, 5) is 16.0. The summed E-state index contributed by atoms with van der Waals surface area (Å²) in [6.07, 6.45) is 2.20. The van der Waals surface area contributed by atoms with Gasteiger partial charge in [0.15, 0.2) is 11.5 Å². The molecule has 0 unspecified atom stereocenters. The Labute approximate surface area is 183 Å². The average molecular weight is 436 g/mol. The molecule has 0 amide bonds. The Hall–Kier alpha value is -3.77. The largest absolute Gasteiger partial charge is 0.493 e. The van der Waals surface area contributed by atoms with Crippen molar-refractivity contribution in [2.45, 2.75) is 25.1 Å². The van der Waals surface area contributed by atoms with E-state index in [9.17, 15) is 15.2 Å². The molecule has 0 radical (unpaired) electrons. The highest BCUT2D eigenvalue weighted by Crippen LogP contribution is 2.32. The smallest absolute Gasteiger partial charge is 0.342 e. The van der Waals surface area contributed by atoms with Gasteiger partial charge in [-0.15, -0.1) is 5.10 Å². The van der Waals surface area contributed by atoms with Gasteiger partial charge in [0.25, 0.3) is 0 Å². The molecule has 2 N–H and O–H groups in total. The molecule has 0 bridgehead atoms. The Morgan fingerprint density at radius 2 is 2.10 bits per heavy atom. The van der Waals surface area contributed by atoms with Crippen LogP contribution in [0.5, 0.6) is 11.5 Å². The fraction of sp³-hybridized carbons (Fsp3) is 0.182. The monoisotopic (exact) mass is 436 g/mol. The van der Waals surface area contributed by atoms with Crippen LogP contribution in [0.15, 0.2) is 52.5 Å². The predicted octanol–water partition coefficient (Wildman–Crippen LogP) is 4.04. The number of rotatable bonds is 9. The number of methoxy groups -OCH3 is 1. The maximum Gasteiger partial charge on any atom is 0.342 e. The van der Waals surface area contributed by atoms with Crippen molar-refractivity contribution >= 4 is 23.8 Å².